The van der Waals surface area contributed by atoms with Crippen LogP contribution in [0, 0.1) is 12.3 Å². The molecule has 0 saturated heterocycles. The zero-order chi connectivity index (χ0) is 44.9. The van der Waals surface area contributed by atoms with Crippen molar-refractivity contribution in [1.29, 1.82) is 0 Å². The summed E-state index contributed by atoms with van der Waals surface area (Å²) in [5, 5.41) is 18.9. The van der Waals surface area contributed by atoms with Gasteiger partial charge in [-0.3, -0.25) is 14.4 Å². The topological polar surface area (TPSA) is 160 Å². The number of amides is 3. The van der Waals surface area contributed by atoms with Gasteiger partial charge in [-0.2, -0.15) is 0 Å². The van der Waals surface area contributed by atoms with E-state index in [0.29, 0.717) is 75.1 Å². The van der Waals surface area contributed by atoms with Gasteiger partial charge in [0.1, 0.15) is 29.9 Å². The molecule has 6 aromatic rings. The summed E-state index contributed by atoms with van der Waals surface area (Å²) in [7, 11) is 0. The van der Waals surface area contributed by atoms with E-state index in [0.717, 1.165) is 22.4 Å². The fourth-order valence-electron chi connectivity index (χ4n) is 7.12. The number of carbonyl (C=O) groups is 4. The van der Waals surface area contributed by atoms with Gasteiger partial charge in [-0.25, -0.2) is 4.79 Å². The van der Waals surface area contributed by atoms with Gasteiger partial charge in [0.25, 0.3) is 0 Å². The summed E-state index contributed by atoms with van der Waals surface area (Å²) >= 11 is 0. The maximum absolute atomic E-state index is 14.5. The van der Waals surface area contributed by atoms with Crippen LogP contribution < -0.4 is 20.1 Å². The first-order valence-corrected chi connectivity index (χ1v) is 21.4. The first kappa shape index (κ1) is 45.9. The number of nitrogens with zero attached hydrogens (tertiary/aromatic N) is 2. The Bertz CT molecular complexity index is 2430. The zero-order valence-electron chi connectivity index (χ0n) is 35.6. The quantitative estimate of drug-likeness (QED) is 0.0398. The van der Waals surface area contributed by atoms with Gasteiger partial charge >= 0.3 is 5.97 Å². The Balaban J connectivity index is 1.11. The molecule has 12 heteroatoms. The van der Waals surface area contributed by atoms with E-state index in [2.05, 4.69) is 21.7 Å². The third-order valence-electron chi connectivity index (χ3n) is 10.5. The van der Waals surface area contributed by atoms with E-state index in [-0.39, 0.29) is 42.2 Å². The maximum atomic E-state index is 14.5. The first-order chi connectivity index (χ1) is 31.3. The van der Waals surface area contributed by atoms with Gasteiger partial charge in [0.05, 0.1) is 6.04 Å². The smallest absolute Gasteiger partial charge is 0.358 e. The van der Waals surface area contributed by atoms with Crippen molar-refractivity contribution in [3.8, 4) is 40.9 Å². The molecule has 1 aromatic heterocycles. The third kappa shape index (κ3) is 13.9. The highest BCUT2D eigenvalue weighted by Crippen LogP contribution is 2.30. The van der Waals surface area contributed by atoms with Crippen molar-refractivity contribution in [3.05, 3.63) is 168 Å². The van der Waals surface area contributed by atoms with Gasteiger partial charge in [0, 0.05) is 44.0 Å². The minimum atomic E-state index is -1.20. The molecule has 0 spiro atoms. The number of unbranched alkanes of at least 4 members (excludes halogenated alkanes) is 3. The molecule has 0 aliphatic heterocycles. The van der Waals surface area contributed by atoms with Gasteiger partial charge in [-0.1, -0.05) is 103 Å². The van der Waals surface area contributed by atoms with Crippen molar-refractivity contribution < 1.29 is 38.3 Å². The third-order valence-corrected chi connectivity index (χ3v) is 10.5. The largest absolute Gasteiger partial charge is 0.491 e. The standard InChI is InChI=1S/C52H52N4O8/c1-2-3-8-24-50(58)56(46(40-19-11-5-12-20-40)34-38-17-9-4-10-18-38)47(37-62-42-31-27-41(28-32-42)48-35-45(52(60)61)55-64-48)51(59)53-33-16-7-15-23-49(57)54-36-39-25-29-44(30-26-39)63-43-21-13-6-14-22-43/h1,4-6,9-14,17-22,25-32,35,46-47H,3,7-8,15-16,23-24,33-34,36-37H2,(H,53,59)(H,54,57)(H,60,61). The van der Waals surface area contributed by atoms with E-state index in [1.54, 1.807) is 29.2 Å². The second kappa shape index (κ2) is 24.1. The van der Waals surface area contributed by atoms with Crippen LogP contribution in [0.15, 0.2) is 150 Å². The van der Waals surface area contributed by atoms with Gasteiger partial charge < -0.3 is 34.6 Å². The van der Waals surface area contributed by atoms with Crippen LogP contribution in [0.2, 0.25) is 0 Å². The lowest BCUT2D eigenvalue weighted by atomic mass is 9.95. The highest BCUT2D eigenvalue weighted by Gasteiger charge is 2.36. The Kier molecular flexibility index (Phi) is 17.3. The molecule has 5 aromatic carbocycles. The SMILES string of the molecule is C#CCCCC(=O)N(C(COc1ccc(-c2cc(C(=O)O)no2)cc1)C(=O)NCCCCCC(=O)NCc1ccc(Oc2ccccc2)cc1)C(Cc1ccccc1)c1ccccc1. The van der Waals surface area contributed by atoms with E-state index >= 15 is 0 Å². The molecule has 6 rings (SSSR count). The van der Waals surface area contributed by atoms with Crippen LogP contribution in [0.4, 0.5) is 0 Å². The second-order valence-corrected chi connectivity index (χ2v) is 15.1. The number of rotatable bonds is 24. The van der Waals surface area contributed by atoms with Crippen molar-refractivity contribution in [2.45, 2.75) is 70.0 Å². The van der Waals surface area contributed by atoms with Gasteiger partial charge in [0.2, 0.25) is 17.7 Å². The lowest BCUT2D eigenvalue weighted by molar-refractivity contribution is -0.145. The highest BCUT2D eigenvalue weighted by molar-refractivity contribution is 5.88. The highest BCUT2D eigenvalue weighted by atomic mass is 16.5. The Morgan fingerprint density at radius 2 is 1.38 bits per heavy atom. The summed E-state index contributed by atoms with van der Waals surface area (Å²) in [6.07, 6.45) is 9.29. The predicted octanol–water partition coefficient (Wildman–Crippen LogP) is 9.19. The van der Waals surface area contributed by atoms with E-state index in [1.807, 2.05) is 115 Å². The minimum Gasteiger partial charge on any atom is -0.491 e. The van der Waals surface area contributed by atoms with Crippen LogP contribution in [0.5, 0.6) is 17.2 Å². The molecule has 0 radical (unpaired) electrons. The number of carboxylic acid groups (broad SMARTS) is 1. The summed E-state index contributed by atoms with van der Waals surface area (Å²) in [6.45, 7) is 0.556. The second-order valence-electron chi connectivity index (χ2n) is 15.1. The Hall–Kier alpha value is -7.65. The Labute approximate surface area is 373 Å². The Morgan fingerprint density at radius 1 is 0.719 bits per heavy atom. The molecule has 1 heterocycles. The summed E-state index contributed by atoms with van der Waals surface area (Å²) in [4.78, 5) is 54.6. The number of hydrogen-bond donors (Lipinski definition) is 3. The number of aromatic nitrogens is 1. The first-order valence-electron chi connectivity index (χ1n) is 21.4. The van der Waals surface area contributed by atoms with Crippen molar-refractivity contribution in [2.24, 2.45) is 0 Å². The molecular weight excluding hydrogens is 809 g/mol. The molecule has 0 bridgehead atoms. The molecular formula is C52H52N4O8. The number of carbonyl (C=O) groups excluding carboxylic acids is 3. The van der Waals surface area contributed by atoms with Crippen molar-refractivity contribution >= 4 is 23.7 Å². The van der Waals surface area contributed by atoms with E-state index in [9.17, 15) is 24.3 Å². The number of nitrogens with one attached hydrogen (secondary N) is 2. The average Bonchev–Trinajstić information content (AvgIpc) is 3.83. The molecule has 0 saturated carbocycles. The molecule has 3 N–H and O–H groups in total. The summed E-state index contributed by atoms with van der Waals surface area (Å²) in [6, 6.07) is 43.1. The summed E-state index contributed by atoms with van der Waals surface area (Å²) in [5.74, 6) is 2.90. The molecule has 2 atom stereocenters. The molecule has 64 heavy (non-hydrogen) atoms. The molecule has 2 unspecified atom stereocenters. The molecule has 0 fully saturated rings. The van der Waals surface area contributed by atoms with Crippen LogP contribution in [-0.2, 0) is 27.3 Å². The number of ether oxygens (including phenoxy) is 2. The monoisotopic (exact) mass is 860 g/mol. The molecule has 0 aliphatic carbocycles. The number of aromatic carboxylic acids is 1. The normalized spacial score (nSPS) is 11.7. The number of benzene rings is 5. The van der Waals surface area contributed by atoms with Gasteiger partial charge in [-0.05, 0) is 90.9 Å². The number of terminal acetylenes is 1. The number of hydrogen-bond acceptors (Lipinski definition) is 8. The van der Waals surface area contributed by atoms with E-state index < -0.39 is 18.1 Å². The van der Waals surface area contributed by atoms with Crippen LogP contribution in [-0.4, -0.2) is 58.0 Å². The maximum Gasteiger partial charge on any atom is 0.358 e. The average molecular weight is 861 g/mol. The minimum absolute atomic E-state index is 0.0610. The van der Waals surface area contributed by atoms with E-state index in [1.165, 1.54) is 6.07 Å². The van der Waals surface area contributed by atoms with Crippen molar-refractivity contribution in [2.75, 3.05) is 13.2 Å². The summed E-state index contributed by atoms with van der Waals surface area (Å²) < 4.78 is 17.4. The molecule has 3 amide bonds. The van der Waals surface area contributed by atoms with Crippen LogP contribution >= 0.6 is 0 Å². The van der Waals surface area contributed by atoms with E-state index in [4.69, 9.17) is 20.4 Å². The van der Waals surface area contributed by atoms with Crippen molar-refractivity contribution in [1.82, 2.24) is 20.7 Å². The lowest BCUT2D eigenvalue weighted by Gasteiger charge is -2.38. The zero-order valence-corrected chi connectivity index (χ0v) is 35.6. The number of carboxylic acids is 1. The summed E-state index contributed by atoms with van der Waals surface area (Å²) in [5.41, 5.74) is 3.17. The Morgan fingerprint density at radius 3 is 2.05 bits per heavy atom. The van der Waals surface area contributed by atoms with Crippen LogP contribution in [0.3, 0.4) is 0 Å². The van der Waals surface area contributed by atoms with Crippen molar-refractivity contribution in [3.63, 3.8) is 0 Å². The predicted molar refractivity (Wildman–Crippen MR) is 243 cm³/mol. The molecule has 328 valence electrons. The lowest BCUT2D eigenvalue weighted by Crippen LogP contribution is -2.54. The van der Waals surface area contributed by atoms with Crippen LogP contribution in [0.1, 0.15) is 78.2 Å². The van der Waals surface area contributed by atoms with Gasteiger partial charge in [-0.15, -0.1) is 12.3 Å². The molecule has 0 aliphatic rings. The fourth-order valence-corrected chi connectivity index (χ4v) is 7.12. The fraction of sp³-hybridized carbons (Fsp3) is 0.250. The van der Waals surface area contributed by atoms with Crippen LogP contribution in [0.25, 0.3) is 11.3 Å². The van der Waals surface area contributed by atoms with Gasteiger partial charge in [0.15, 0.2) is 11.5 Å². The number of para-hydroxylation sites is 1. The molecule has 12 nitrogen and oxygen atoms in total.